The summed E-state index contributed by atoms with van der Waals surface area (Å²) >= 11 is 0. The van der Waals surface area contributed by atoms with E-state index in [1.54, 1.807) is 6.07 Å². The molecule has 0 aromatic heterocycles. The summed E-state index contributed by atoms with van der Waals surface area (Å²) in [5.41, 5.74) is 4.62. The van der Waals surface area contributed by atoms with Gasteiger partial charge < -0.3 is 19.6 Å². The summed E-state index contributed by atoms with van der Waals surface area (Å²) in [6.07, 6.45) is 6.79. The van der Waals surface area contributed by atoms with Gasteiger partial charge in [-0.05, 0) is 98.1 Å². The Hall–Kier alpha value is -3.05. The first-order valence-corrected chi connectivity index (χ1v) is 13.3. The van der Waals surface area contributed by atoms with Gasteiger partial charge in [-0.25, -0.2) is 4.39 Å². The highest BCUT2D eigenvalue weighted by atomic mass is 19.1. The van der Waals surface area contributed by atoms with Gasteiger partial charge in [0, 0.05) is 18.8 Å². The number of nitrogens with zero attached hydrogens (tertiary/aromatic N) is 2. The van der Waals surface area contributed by atoms with E-state index in [0.717, 1.165) is 43.9 Å². The number of hydrogen-bond acceptors (Lipinski definition) is 4. The Labute approximate surface area is 215 Å². The fourth-order valence-corrected chi connectivity index (χ4v) is 5.04. The maximum atomic E-state index is 13.6. The molecule has 4 nitrogen and oxygen atoms in total. The van der Waals surface area contributed by atoms with Gasteiger partial charge in [-0.3, -0.25) is 0 Å². The Morgan fingerprint density at radius 2 is 1.75 bits per heavy atom. The molecule has 0 saturated carbocycles. The number of phenolic OH excluding ortho intramolecular Hbond substituents is 1. The molecule has 0 spiro atoms. The molecule has 1 atom stereocenters. The molecule has 0 radical (unpaired) electrons. The van der Waals surface area contributed by atoms with Gasteiger partial charge in [0.1, 0.15) is 23.9 Å². The number of likely N-dealkylation sites (N-methyl/N-ethyl adjacent to an activating group) is 1. The number of rotatable bonds is 12. The van der Waals surface area contributed by atoms with Crippen LogP contribution in [-0.4, -0.2) is 43.3 Å². The molecule has 1 aliphatic rings. The van der Waals surface area contributed by atoms with Gasteiger partial charge in [-0.15, -0.1) is 0 Å². The van der Waals surface area contributed by atoms with E-state index in [4.69, 9.17) is 4.74 Å². The average molecular weight is 491 g/mol. The highest BCUT2D eigenvalue weighted by Gasteiger charge is 2.28. The Kier molecular flexibility index (Phi) is 9.23. The Balaban J connectivity index is 1.39. The number of hydrogen-bond donors (Lipinski definition) is 1. The molecule has 1 aliphatic heterocycles. The van der Waals surface area contributed by atoms with E-state index in [1.807, 2.05) is 24.3 Å². The van der Waals surface area contributed by atoms with Gasteiger partial charge in [0.2, 0.25) is 0 Å². The minimum atomic E-state index is -0.226. The largest absolute Gasteiger partial charge is 0.508 e. The fourth-order valence-electron chi connectivity index (χ4n) is 5.04. The highest BCUT2D eigenvalue weighted by Crippen LogP contribution is 2.37. The van der Waals surface area contributed by atoms with Crippen LogP contribution in [0.25, 0.3) is 0 Å². The number of phenols is 1. The first-order valence-electron chi connectivity index (χ1n) is 13.3. The van der Waals surface area contributed by atoms with E-state index in [2.05, 4.69) is 48.0 Å². The second-order valence-electron chi connectivity index (χ2n) is 9.88. The van der Waals surface area contributed by atoms with Gasteiger partial charge in [0.15, 0.2) is 0 Å². The fraction of sp³-hybridized carbons (Fsp3) is 0.419. The van der Waals surface area contributed by atoms with Crippen LogP contribution in [0.15, 0.2) is 66.7 Å². The molecule has 0 aliphatic carbocycles. The van der Waals surface area contributed by atoms with Crippen LogP contribution in [0.3, 0.4) is 0 Å². The first kappa shape index (κ1) is 26.0. The summed E-state index contributed by atoms with van der Waals surface area (Å²) in [6, 6.07) is 20.9. The van der Waals surface area contributed by atoms with Gasteiger partial charge in [0.25, 0.3) is 0 Å². The van der Waals surface area contributed by atoms with Crippen molar-refractivity contribution >= 4 is 5.69 Å². The molecule has 192 valence electrons. The standard InChI is InChI=1S/C31H39FN2O2/c1-3-4-5-6-18-33(2)20-21-36-29-14-7-24(8-15-29)22-31-30-16-13-28(35)23-25(30)17-19-34(31)27-11-9-26(32)10-12-27/h7-16,23,31,35H,3-6,17-22H2,1-2H3. The Bertz CT molecular complexity index is 1080. The number of unbranched alkanes of at least 4 members (excludes halogenated alkanes) is 3. The minimum Gasteiger partial charge on any atom is -0.508 e. The molecule has 3 aromatic rings. The van der Waals surface area contributed by atoms with Crippen molar-refractivity contribution < 1.29 is 14.2 Å². The van der Waals surface area contributed by atoms with Crippen molar-refractivity contribution in [1.29, 1.82) is 0 Å². The molecule has 1 heterocycles. The maximum Gasteiger partial charge on any atom is 0.123 e. The molecule has 0 bridgehead atoms. The SMILES string of the molecule is CCCCCCN(C)CCOc1ccc(CC2c3ccc(O)cc3CCN2c2ccc(F)cc2)cc1. The zero-order valence-electron chi connectivity index (χ0n) is 21.6. The number of fused-ring (bicyclic) bond motifs is 1. The molecule has 0 saturated heterocycles. The zero-order chi connectivity index (χ0) is 25.3. The monoisotopic (exact) mass is 490 g/mol. The second-order valence-corrected chi connectivity index (χ2v) is 9.88. The normalized spacial score (nSPS) is 15.2. The summed E-state index contributed by atoms with van der Waals surface area (Å²) in [4.78, 5) is 4.69. The summed E-state index contributed by atoms with van der Waals surface area (Å²) in [6.45, 7) is 5.78. The van der Waals surface area contributed by atoms with Gasteiger partial charge >= 0.3 is 0 Å². The lowest BCUT2D eigenvalue weighted by Gasteiger charge is -2.39. The second kappa shape index (κ2) is 12.8. The van der Waals surface area contributed by atoms with Crippen LogP contribution in [0, 0.1) is 5.82 Å². The lowest BCUT2D eigenvalue weighted by Crippen LogP contribution is -2.36. The van der Waals surface area contributed by atoms with Crippen LogP contribution in [0.5, 0.6) is 11.5 Å². The molecule has 1 unspecified atom stereocenters. The van der Waals surface area contributed by atoms with Crippen LogP contribution in [0.2, 0.25) is 0 Å². The van der Waals surface area contributed by atoms with Crippen molar-refractivity contribution in [3.63, 3.8) is 0 Å². The molecule has 4 rings (SSSR count). The predicted octanol–water partition coefficient (Wildman–Crippen LogP) is 6.77. The van der Waals surface area contributed by atoms with Crippen LogP contribution >= 0.6 is 0 Å². The van der Waals surface area contributed by atoms with Gasteiger partial charge in [0.05, 0.1) is 6.04 Å². The molecule has 0 fully saturated rings. The van der Waals surface area contributed by atoms with Crippen LogP contribution in [0.4, 0.5) is 10.1 Å². The van der Waals surface area contributed by atoms with Crippen molar-refractivity contribution in [2.45, 2.75) is 51.5 Å². The molecule has 0 amide bonds. The third-order valence-corrected chi connectivity index (χ3v) is 7.13. The summed E-state index contributed by atoms with van der Waals surface area (Å²) in [5, 5.41) is 10.0. The summed E-state index contributed by atoms with van der Waals surface area (Å²) < 4.78 is 19.6. The molecule has 1 N–H and O–H groups in total. The van der Waals surface area contributed by atoms with E-state index < -0.39 is 0 Å². The third kappa shape index (κ3) is 7.01. The minimum absolute atomic E-state index is 0.105. The maximum absolute atomic E-state index is 13.6. The average Bonchev–Trinajstić information content (AvgIpc) is 2.88. The van der Waals surface area contributed by atoms with Crippen molar-refractivity contribution in [1.82, 2.24) is 4.90 Å². The first-order chi connectivity index (χ1) is 17.5. The van der Waals surface area contributed by atoms with Crippen LogP contribution in [0.1, 0.15) is 55.3 Å². The number of aromatic hydroxyl groups is 1. The summed E-state index contributed by atoms with van der Waals surface area (Å²) in [7, 11) is 2.16. The zero-order valence-corrected chi connectivity index (χ0v) is 21.6. The van der Waals surface area contributed by atoms with Gasteiger partial charge in [-0.1, -0.05) is 44.4 Å². The van der Waals surface area contributed by atoms with Gasteiger partial charge in [-0.2, -0.15) is 0 Å². The quantitative estimate of drug-likeness (QED) is 0.284. The number of halogens is 1. The molecule has 5 heteroatoms. The molecular weight excluding hydrogens is 451 g/mol. The van der Waals surface area contributed by atoms with E-state index in [1.165, 1.54) is 54.5 Å². The van der Waals surface area contributed by atoms with E-state index in [-0.39, 0.29) is 11.9 Å². The predicted molar refractivity (Wildman–Crippen MR) is 146 cm³/mol. The smallest absolute Gasteiger partial charge is 0.123 e. The van der Waals surface area contributed by atoms with Crippen molar-refractivity contribution in [2.24, 2.45) is 0 Å². The lowest BCUT2D eigenvalue weighted by molar-refractivity contribution is 0.234. The Morgan fingerprint density at radius 3 is 2.50 bits per heavy atom. The van der Waals surface area contributed by atoms with Crippen LogP contribution in [-0.2, 0) is 12.8 Å². The topological polar surface area (TPSA) is 35.9 Å². The third-order valence-electron chi connectivity index (χ3n) is 7.13. The van der Waals surface area contributed by atoms with Crippen molar-refractivity contribution in [3.8, 4) is 11.5 Å². The molecule has 36 heavy (non-hydrogen) atoms. The Morgan fingerprint density at radius 1 is 0.972 bits per heavy atom. The lowest BCUT2D eigenvalue weighted by atomic mass is 9.88. The van der Waals surface area contributed by atoms with E-state index in [0.29, 0.717) is 12.4 Å². The van der Waals surface area contributed by atoms with Crippen molar-refractivity contribution in [3.05, 3.63) is 89.2 Å². The highest BCUT2D eigenvalue weighted by molar-refractivity contribution is 5.53. The molecule has 3 aromatic carbocycles. The number of ether oxygens (including phenoxy) is 1. The number of anilines is 1. The molecular formula is C31H39FN2O2. The van der Waals surface area contributed by atoms with Crippen molar-refractivity contribution in [2.75, 3.05) is 38.2 Å². The van der Waals surface area contributed by atoms with E-state index in [9.17, 15) is 9.50 Å². The number of benzene rings is 3. The van der Waals surface area contributed by atoms with E-state index >= 15 is 0 Å². The summed E-state index contributed by atoms with van der Waals surface area (Å²) in [5.74, 6) is 0.967. The van der Waals surface area contributed by atoms with Crippen LogP contribution < -0.4 is 9.64 Å².